The van der Waals surface area contributed by atoms with Crippen LogP contribution in [0.3, 0.4) is 0 Å². The van der Waals surface area contributed by atoms with Crippen LogP contribution in [0, 0.1) is 5.92 Å². The van der Waals surface area contributed by atoms with Gasteiger partial charge in [-0.15, -0.1) is 11.3 Å². The van der Waals surface area contributed by atoms with Gasteiger partial charge in [-0.25, -0.2) is 4.98 Å². The molecule has 0 N–H and O–H groups in total. The second-order valence-corrected chi connectivity index (χ2v) is 4.03. The summed E-state index contributed by atoms with van der Waals surface area (Å²) < 4.78 is 5.34. The van der Waals surface area contributed by atoms with Crippen LogP contribution in [-0.4, -0.2) is 23.5 Å². The number of thiazole rings is 1. The van der Waals surface area contributed by atoms with Crippen LogP contribution in [0.1, 0.15) is 23.8 Å². The molecule has 4 heteroatoms. The van der Waals surface area contributed by atoms with E-state index in [0.717, 1.165) is 6.42 Å². The number of aromatic nitrogens is 1. The van der Waals surface area contributed by atoms with E-state index in [9.17, 15) is 4.79 Å². The van der Waals surface area contributed by atoms with Gasteiger partial charge in [-0.1, -0.05) is 0 Å². The van der Waals surface area contributed by atoms with Crippen LogP contribution in [0.15, 0.2) is 10.9 Å². The van der Waals surface area contributed by atoms with Crippen molar-refractivity contribution >= 4 is 17.1 Å². The Kier molecular flexibility index (Phi) is 2.42. The number of nitrogens with zero attached hydrogens (tertiary/aromatic N) is 1. The van der Waals surface area contributed by atoms with Crippen molar-refractivity contribution < 1.29 is 9.53 Å². The zero-order valence-electron chi connectivity index (χ0n) is 7.40. The summed E-state index contributed by atoms with van der Waals surface area (Å²) in [6.45, 7) is 2.55. The number of rotatable bonds is 2. The number of ketones is 1. The topological polar surface area (TPSA) is 39.2 Å². The molecule has 1 saturated heterocycles. The van der Waals surface area contributed by atoms with Gasteiger partial charge in [-0.2, -0.15) is 0 Å². The highest BCUT2D eigenvalue weighted by Crippen LogP contribution is 2.22. The highest BCUT2D eigenvalue weighted by Gasteiger charge is 2.29. The zero-order chi connectivity index (χ0) is 9.26. The SMILES string of the molecule is CC1CC(C(=O)c2cscn2)CO1. The maximum absolute atomic E-state index is 11.7. The Morgan fingerprint density at radius 3 is 3.15 bits per heavy atom. The number of carbonyl (C=O) groups is 1. The van der Waals surface area contributed by atoms with Gasteiger partial charge in [0.1, 0.15) is 5.69 Å². The first-order valence-corrected chi connectivity index (χ1v) is 5.25. The molecule has 0 radical (unpaired) electrons. The number of carbonyl (C=O) groups excluding carboxylic acids is 1. The Labute approximate surface area is 80.8 Å². The third-order valence-corrected chi connectivity index (χ3v) is 2.84. The summed E-state index contributed by atoms with van der Waals surface area (Å²) in [5.74, 6) is 0.155. The molecule has 0 spiro atoms. The van der Waals surface area contributed by atoms with Gasteiger partial charge in [0.25, 0.3) is 0 Å². The summed E-state index contributed by atoms with van der Waals surface area (Å²) in [5, 5.41) is 1.80. The highest BCUT2D eigenvalue weighted by molar-refractivity contribution is 7.07. The van der Waals surface area contributed by atoms with Crippen molar-refractivity contribution in [2.45, 2.75) is 19.4 Å². The van der Waals surface area contributed by atoms with Gasteiger partial charge in [-0.3, -0.25) is 4.79 Å². The molecule has 3 nitrogen and oxygen atoms in total. The Morgan fingerprint density at radius 2 is 2.62 bits per heavy atom. The summed E-state index contributed by atoms with van der Waals surface area (Å²) >= 11 is 1.45. The summed E-state index contributed by atoms with van der Waals surface area (Å²) in [5.41, 5.74) is 2.28. The maximum atomic E-state index is 11.7. The second-order valence-electron chi connectivity index (χ2n) is 3.31. The minimum absolute atomic E-state index is 0.0251. The van der Waals surface area contributed by atoms with E-state index in [-0.39, 0.29) is 17.8 Å². The molecule has 2 rings (SSSR count). The van der Waals surface area contributed by atoms with Crippen molar-refractivity contribution in [3.05, 3.63) is 16.6 Å². The van der Waals surface area contributed by atoms with Crippen molar-refractivity contribution in [1.82, 2.24) is 4.98 Å². The molecular formula is C9H11NO2S. The number of Topliss-reactive ketones (excluding diaryl/α,β-unsaturated/α-hetero) is 1. The van der Waals surface area contributed by atoms with Gasteiger partial charge in [0.2, 0.25) is 0 Å². The van der Waals surface area contributed by atoms with E-state index in [1.54, 1.807) is 10.9 Å². The second kappa shape index (κ2) is 3.55. The molecule has 0 saturated carbocycles. The minimum Gasteiger partial charge on any atom is -0.378 e. The molecule has 2 heterocycles. The van der Waals surface area contributed by atoms with Crippen LogP contribution >= 0.6 is 11.3 Å². The minimum atomic E-state index is 0.0251. The van der Waals surface area contributed by atoms with Crippen molar-refractivity contribution in [1.29, 1.82) is 0 Å². The third kappa shape index (κ3) is 1.78. The lowest BCUT2D eigenvalue weighted by atomic mass is 9.99. The number of hydrogen-bond donors (Lipinski definition) is 0. The fraction of sp³-hybridized carbons (Fsp3) is 0.556. The molecule has 70 valence electrons. The quantitative estimate of drug-likeness (QED) is 0.678. The van der Waals surface area contributed by atoms with Crippen molar-refractivity contribution in [3.63, 3.8) is 0 Å². The highest BCUT2D eigenvalue weighted by atomic mass is 32.1. The molecule has 13 heavy (non-hydrogen) atoms. The van der Waals surface area contributed by atoms with E-state index < -0.39 is 0 Å². The number of ether oxygens (including phenoxy) is 1. The average molecular weight is 197 g/mol. The lowest BCUT2D eigenvalue weighted by Gasteiger charge is -2.02. The molecule has 0 bridgehead atoms. The van der Waals surface area contributed by atoms with Crippen molar-refractivity contribution in [2.75, 3.05) is 6.61 Å². The normalized spacial score (nSPS) is 27.8. The van der Waals surface area contributed by atoms with Crippen LogP contribution in [0.25, 0.3) is 0 Å². The lowest BCUT2D eigenvalue weighted by Crippen LogP contribution is -2.15. The first-order chi connectivity index (χ1) is 6.27. The lowest BCUT2D eigenvalue weighted by molar-refractivity contribution is 0.0873. The Balaban J connectivity index is 2.06. The smallest absolute Gasteiger partial charge is 0.187 e. The Bertz CT molecular complexity index is 297. The first-order valence-electron chi connectivity index (χ1n) is 4.31. The predicted octanol–water partition coefficient (Wildman–Crippen LogP) is 1.75. The molecule has 2 unspecified atom stereocenters. The molecule has 0 amide bonds. The Morgan fingerprint density at radius 1 is 1.77 bits per heavy atom. The maximum Gasteiger partial charge on any atom is 0.187 e. The van der Waals surface area contributed by atoms with E-state index in [1.807, 2.05) is 6.92 Å². The van der Waals surface area contributed by atoms with Gasteiger partial charge < -0.3 is 4.74 Å². The van der Waals surface area contributed by atoms with E-state index >= 15 is 0 Å². The summed E-state index contributed by atoms with van der Waals surface area (Å²) in [6.07, 6.45) is 1.05. The molecule has 1 fully saturated rings. The molecule has 1 aliphatic rings. The molecule has 1 aliphatic heterocycles. The van der Waals surface area contributed by atoms with E-state index in [2.05, 4.69) is 4.98 Å². The molecule has 0 aliphatic carbocycles. The summed E-state index contributed by atoms with van der Waals surface area (Å²) in [6, 6.07) is 0. The van der Waals surface area contributed by atoms with Gasteiger partial charge in [0, 0.05) is 11.3 Å². The molecular weight excluding hydrogens is 186 g/mol. The van der Waals surface area contributed by atoms with Crippen LogP contribution in [0.2, 0.25) is 0 Å². The van der Waals surface area contributed by atoms with Crippen molar-refractivity contribution in [2.24, 2.45) is 5.92 Å². The molecule has 1 aromatic heterocycles. The molecule has 2 atom stereocenters. The van der Waals surface area contributed by atoms with Crippen LogP contribution in [0.4, 0.5) is 0 Å². The zero-order valence-corrected chi connectivity index (χ0v) is 8.21. The van der Waals surface area contributed by atoms with E-state index in [0.29, 0.717) is 12.3 Å². The van der Waals surface area contributed by atoms with Gasteiger partial charge in [0.15, 0.2) is 5.78 Å². The van der Waals surface area contributed by atoms with Gasteiger partial charge >= 0.3 is 0 Å². The largest absolute Gasteiger partial charge is 0.378 e. The summed E-state index contributed by atoms with van der Waals surface area (Å²) in [7, 11) is 0. The van der Waals surface area contributed by atoms with Crippen LogP contribution < -0.4 is 0 Å². The van der Waals surface area contributed by atoms with Gasteiger partial charge in [0.05, 0.1) is 18.2 Å². The fourth-order valence-electron chi connectivity index (χ4n) is 1.54. The fourth-order valence-corrected chi connectivity index (χ4v) is 2.08. The van der Waals surface area contributed by atoms with E-state index in [4.69, 9.17) is 4.74 Å². The standard InChI is InChI=1S/C9H11NO2S/c1-6-2-7(3-12-6)9(11)8-4-13-5-10-8/h4-7H,2-3H2,1H3. The third-order valence-electron chi connectivity index (χ3n) is 2.25. The average Bonchev–Trinajstić information content (AvgIpc) is 2.72. The van der Waals surface area contributed by atoms with E-state index in [1.165, 1.54) is 11.3 Å². The number of hydrogen-bond acceptors (Lipinski definition) is 4. The molecule has 0 aromatic carbocycles. The Hall–Kier alpha value is -0.740. The van der Waals surface area contributed by atoms with Crippen LogP contribution in [-0.2, 0) is 4.74 Å². The predicted molar refractivity (Wildman–Crippen MR) is 50.0 cm³/mol. The van der Waals surface area contributed by atoms with Crippen LogP contribution in [0.5, 0.6) is 0 Å². The monoisotopic (exact) mass is 197 g/mol. The van der Waals surface area contributed by atoms with Gasteiger partial charge in [-0.05, 0) is 13.3 Å². The summed E-state index contributed by atoms with van der Waals surface area (Å²) in [4.78, 5) is 15.7. The molecule has 1 aromatic rings. The van der Waals surface area contributed by atoms with Crippen molar-refractivity contribution in [3.8, 4) is 0 Å². The first kappa shape index (κ1) is 8.84.